The Morgan fingerprint density at radius 3 is 2.53 bits per heavy atom. The van der Waals surface area contributed by atoms with Gasteiger partial charge in [0, 0.05) is 10.6 Å². The highest BCUT2D eigenvalue weighted by atomic mass is 32.2. The number of carbonyl (C=O) groups excluding carboxylic acids is 1. The van der Waals surface area contributed by atoms with E-state index in [-0.39, 0.29) is 0 Å². The van der Waals surface area contributed by atoms with Crippen molar-refractivity contribution in [2.45, 2.75) is 29.9 Å². The minimum absolute atomic E-state index is 0.496. The summed E-state index contributed by atoms with van der Waals surface area (Å²) >= 11 is 1.67. The average Bonchev–Trinajstić information content (AvgIpc) is 2.83. The van der Waals surface area contributed by atoms with E-state index in [0.29, 0.717) is 23.8 Å². The molecule has 0 aliphatic carbocycles. The van der Waals surface area contributed by atoms with Crippen molar-refractivity contribution in [3.05, 3.63) is 89.8 Å². The van der Waals surface area contributed by atoms with Crippen LogP contribution >= 0.6 is 11.8 Å². The number of methoxy groups -OCH3 is 1. The van der Waals surface area contributed by atoms with Crippen LogP contribution in [0.5, 0.6) is 11.5 Å². The number of carbonyl (C=O) groups is 1. The lowest BCUT2D eigenvalue weighted by Gasteiger charge is -2.11. The maximum atomic E-state index is 10.9. The topological polar surface area (TPSA) is 71.5 Å². The van der Waals surface area contributed by atoms with Crippen molar-refractivity contribution in [2.24, 2.45) is 0 Å². The summed E-state index contributed by atoms with van der Waals surface area (Å²) in [6.07, 6.45) is 5.22. The lowest BCUT2D eigenvalue weighted by atomic mass is 10.1. The second-order valence-corrected chi connectivity index (χ2v) is 8.14. The van der Waals surface area contributed by atoms with Gasteiger partial charge >= 0.3 is 0 Å². The molecule has 0 fully saturated rings. The van der Waals surface area contributed by atoms with Crippen LogP contribution in [0.4, 0.5) is 0 Å². The molecule has 1 aromatic heterocycles. The fourth-order valence-electron chi connectivity index (χ4n) is 3.05. The summed E-state index contributed by atoms with van der Waals surface area (Å²) in [6, 6.07) is 21.9. The van der Waals surface area contributed by atoms with Gasteiger partial charge in [0.2, 0.25) is 0 Å². The monoisotopic (exact) mass is 448 g/mol. The van der Waals surface area contributed by atoms with E-state index in [2.05, 4.69) is 17.1 Å². The zero-order chi connectivity index (χ0) is 22.6. The summed E-state index contributed by atoms with van der Waals surface area (Å²) < 4.78 is 11.1. The quantitative estimate of drug-likeness (QED) is 0.230. The molecule has 32 heavy (non-hydrogen) atoms. The second kappa shape index (κ2) is 12.6. The van der Waals surface area contributed by atoms with Gasteiger partial charge in [0.05, 0.1) is 25.4 Å². The van der Waals surface area contributed by atoms with E-state index in [9.17, 15) is 9.90 Å². The number of benzene rings is 2. The predicted molar refractivity (Wildman–Crippen MR) is 126 cm³/mol. The number of hydrogen-bond acceptors (Lipinski definition) is 6. The van der Waals surface area contributed by atoms with Crippen LogP contribution in [0.25, 0.3) is 6.08 Å². The number of thioether (sulfide) groups is 1. The molecule has 166 valence electrons. The number of carboxylic acids is 1. The lowest BCUT2D eigenvalue weighted by Crippen LogP contribution is -2.18. The minimum atomic E-state index is -1.26. The molecule has 0 aliphatic rings. The van der Waals surface area contributed by atoms with Crippen molar-refractivity contribution in [1.29, 1.82) is 0 Å². The zero-order valence-corrected chi connectivity index (χ0v) is 18.8. The van der Waals surface area contributed by atoms with Gasteiger partial charge in [0.1, 0.15) is 17.2 Å². The molecule has 5 nitrogen and oxygen atoms in total. The number of carboxylic acid groups (broad SMARTS) is 1. The molecule has 0 bridgehead atoms. The third-order valence-electron chi connectivity index (χ3n) is 4.73. The van der Waals surface area contributed by atoms with Gasteiger partial charge in [-0.1, -0.05) is 30.3 Å². The molecular weight excluding hydrogens is 422 g/mol. The van der Waals surface area contributed by atoms with Crippen molar-refractivity contribution in [3.63, 3.8) is 0 Å². The summed E-state index contributed by atoms with van der Waals surface area (Å²) in [6.45, 7) is 0.530. The average molecular weight is 449 g/mol. The number of aromatic nitrogens is 1. The fraction of sp³-hybridized carbons (Fsp3) is 0.231. The molecule has 6 heteroatoms. The van der Waals surface area contributed by atoms with Crippen LogP contribution in [0.1, 0.15) is 29.8 Å². The number of ether oxygens (including phenoxy) is 2. The molecule has 3 rings (SSSR count). The maximum absolute atomic E-state index is 10.9. The minimum Gasteiger partial charge on any atom is -0.545 e. The number of nitrogens with zero attached hydrogens (tertiary/aromatic N) is 1. The molecular formula is C26H26NO4S-. The largest absolute Gasteiger partial charge is 0.545 e. The van der Waals surface area contributed by atoms with Crippen LogP contribution in [-0.2, 0) is 17.0 Å². The van der Waals surface area contributed by atoms with Crippen molar-refractivity contribution < 1.29 is 19.4 Å². The molecule has 0 N–H and O–H groups in total. The third-order valence-corrected chi connectivity index (χ3v) is 5.77. The molecule has 0 saturated heterocycles. The standard InChI is InChI=1S/C26H27NO4S/c1-30-22-13-10-20(11-14-22)7-5-6-18-31-25-16-12-21(27-24(25)15-17-26(28)29)19-32-23-8-3-2-4-9-23/h2-4,8-17H,5-7,18-19H2,1H3,(H,28,29)/p-1/b17-15+. The Bertz CT molecular complexity index is 1020. The molecule has 3 aromatic rings. The van der Waals surface area contributed by atoms with Gasteiger partial charge in [-0.15, -0.1) is 11.8 Å². The van der Waals surface area contributed by atoms with E-state index < -0.39 is 5.97 Å². The van der Waals surface area contributed by atoms with Crippen molar-refractivity contribution in [1.82, 2.24) is 4.98 Å². The molecule has 0 saturated carbocycles. The van der Waals surface area contributed by atoms with Crippen LogP contribution in [0.15, 0.2) is 77.7 Å². The Labute approximate surface area is 193 Å². The fourth-order valence-corrected chi connectivity index (χ4v) is 3.88. The van der Waals surface area contributed by atoms with Crippen molar-refractivity contribution in [2.75, 3.05) is 13.7 Å². The number of aryl methyl sites for hydroxylation is 1. The van der Waals surface area contributed by atoms with Gasteiger partial charge in [-0.25, -0.2) is 4.98 Å². The van der Waals surface area contributed by atoms with Crippen molar-refractivity contribution in [3.8, 4) is 11.5 Å². The number of unbranched alkanes of at least 4 members (excludes halogenated alkanes) is 1. The zero-order valence-electron chi connectivity index (χ0n) is 18.0. The molecule has 0 unspecified atom stereocenters. The predicted octanol–water partition coefficient (Wildman–Crippen LogP) is 4.55. The highest BCUT2D eigenvalue weighted by molar-refractivity contribution is 7.98. The first-order valence-electron chi connectivity index (χ1n) is 10.5. The van der Waals surface area contributed by atoms with Crippen LogP contribution in [0.3, 0.4) is 0 Å². The van der Waals surface area contributed by atoms with Gasteiger partial charge < -0.3 is 19.4 Å². The molecule has 0 aliphatic heterocycles. The van der Waals surface area contributed by atoms with Crippen LogP contribution < -0.4 is 14.6 Å². The van der Waals surface area contributed by atoms with E-state index in [4.69, 9.17) is 9.47 Å². The number of aliphatic carboxylic acids is 1. The number of pyridine rings is 1. The van der Waals surface area contributed by atoms with Crippen molar-refractivity contribution >= 4 is 23.8 Å². The third kappa shape index (κ3) is 7.78. The van der Waals surface area contributed by atoms with Gasteiger partial charge in [-0.3, -0.25) is 0 Å². The van der Waals surface area contributed by atoms with Gasteiger partial charge in [-0.2, -0.15) is 0 Å². The van der Waals surface area contributed by atoms with Crippen LogP contribution in [0, 0.1) is 0 Å². The smallest absolute Gasteiger partial charge is 0.144 e. The van der Waals surface area contributed by atoms with E-state index in [0.717, 1.165) is 41.7 Å². The van der Waals surface area contributed by atoms with Gasteiger partial charge in [0.25, 0.3) is 0 Å². The first kappa shape index (κ1) is 23.4. The number of rotatable bonds is 12. The van der Waals surface area contributed by atoms with Crippen LogP contribution in [-0.4, -0.2) is 24.7 Å². The first-order valence-corrected chi connectivity index (χ1v) is 11.4. The second-order valence-electron chi connectivity index (χ2n) is 7.09. The highest BCUT2D eigenvalue weighted by Crippen LogP contribution is 2.25. The summed E-state index contributed by atoms with van der Waals surface area (Å²) in [7, 11) is 1.66. The molecule has 0 amide bonds. The summed E-state index contributed by atoms with van der Waals surface area (Å²) in [4.78, 5) is 16.6. The Hall–Kier alpha value is -3.25. The summed E-state index contributed by atoms with van der Waals surface area (Å²) in [5.41, 5.74) is 2.60. The highest BCUT2D eigenvalue weighted by Gasteiger charge is 2.06. The molecule has 0 spiro atoms. The van der Waals surface area contributed by atoms with E-state index >= 15 is 0 Å². The maximum Gasteiger partial charge on any atom is 0.144 e. The summed E-state index contributed by atoms with van der Waals surface area (Å²) in [5.74, 6) is 0.840. The molecule has 2 aromatic carbocycles. The first-order chi connectivity index (χ1) is 15.6. The van der Waals surface area contributed by atoms with E-state index in [1.165, 1.54) is 11.6 Å². The van der Waals surface area contributed by atoms with E-state index in [1.807, 2.05) is 54.6 Å². The van der Waals surface area contributed by atoms with Gasteiger partial charge in [0.15, 0.2) is 0 Å². The summed E-state index contributed by atoms with van der Waals surface area (Å²) in [5, 5.41) is 10.9. The Balaban J connectivity index is 1.54. The number of hydrogen-bond donors (Lipinski definition) is 0. The lowest BCUT2D eigenvalue weighted by molar-refractivity contribution is -0.297. The van der Waals surface area contributed by atoms with E-state index in [1.54, 1.807) is 18.9 Å². The Morgan fingerprint density at radius 1 is 1.03 bits per heavy atom. The molecule has 0 atom stereocenters. The normalized spacial score (nSPS) is 10.9. The Kier molecular flexibility index (Phi) is 9.20. The molecule has 1 heterocycles. The SMILES string of the molecule is COc1ccc(CCCCOc2ccc(CSc3ccccc3)nc2/C=C/C(=O)[O-])cc1. The van der Waals surface area contributed by atoms with Crippen LogP contribution in [0.2, 0.25) is 0 Å². The molecule has 0 radical (unpaired) electrons. The van der Waals surface area contributed by atoms with Gasteiger partial charge in [-0.05, 0) is 73.4 Å². The Morgan fingerprint density at radius 2 is 1.81 bits per heavy atom.